The van der Waals surface area contributed by atoms with Gasteiger partial charge in [0, 0.05) is 4.88 Å². The van der Waals surface area contributed by atoms with E-state index in [4.69, 9.17) is 17.4 Å². The van der Waals surface area contributed by atoms with Crippen molar-refractivity contribution in [2.24, 2.45) is 5.84 Å². The molecule has 2 nitrogen and oxygen atoms in total. The van der Waals surface area contributed by atoms with Gasteiger partial charge in [-0.25, -0.2) is 9.82 Å². The molecule has 2 aromatic rings. The van der Waals surface area contributed by atoms with Crippen molar-refractivity contribution in [3.63, 3.8) is 0 Å². The Morgan fingerprint density at radius 1 is 1.33 bits per heavy atom. The molecule has 96 valence electrons. The molecule has 5 heteroatoms. The first-order valence-electron chi connectivity index (χ1n) is 5.50. The molecule has 3 N–H and O–H groups in total. The largest absolute Gasteiger partial charge is 0.271 e. The third-order valence-corrected chi connectivity index (χ3v) is 4.68. The molecule has 0 saturated carbocycles. The predicted molar refractivity (Wildman–Crippen MR) is 74.4 cm³/mol. The zero-order chi connectivity index (χ0) is 13.3. The second-order valence-corrected chi connectivity index (χ2v) is 5.49. The lowest BCUT2D eigenvalue weighted by molar-refractivity contribution is 0.615. The summed E-state index contributed by atoms with van der Waals surface area (Å²) in [6, 6.07) is 4.45. The summed E-state index contributed by atoms with van der Waals surface area (Å²) in [5.74, 6) is 5.38. The Labute approximate surface area is 115 Å². The highest BCUT2D eigenvalue weighted by Crippen LogP contribution is 2.36. The van der Waals surface area contributed by atoms with E-state index in [9.17, 15) is 4.39 Å². The van der Waals surface area contributed by atoms with Gasteiger partial charge in [-0.05, 0) is 48.1 Å². The van der Waals surface area contributed by atoms with Gasteiger partial charge in [0.15, 0.2) is 0 Å². The number of thiophene rings is 1. The maximum atomic E-state index is 13.1. The van der Waals surface area contributed by atoms with Crippen LogP contribution in [0, 0.1) is 19.7 Å². The second kappa shape index (κ2) is 5.36. The van der Waals surface area contributed by atoms with Crippen LogP contribution in [-0.2, 0) is 0 Å². The maximum absolute atomic E-state index is 13.1. The Bertz CT molecular complexity index is 568. The number of aryl methyl sites for hydroxylation is 2. The number of hydrazine groups is 1. The van der Waals surface area contributed by atoms with E-state index in [0.29, 0.717) is 5.02 Å². The average Bonchev–Trinajstić information content (AvgIpc) is 2.65. The summed E-state index contributed by atoms with van der Waals surface area (Å²) in [4.78, 5) is 0.950. The van der Waals surface area contributed by atoms with Crippen molar-refractivity contribution < 1.29 is 4.39 Å². The first kappa shape index (κ1) is 13.5. The molecule has 18 heavy (non-hydrogen) atoms. The molecule has 0 aliphatic carbocycles. The highest BCUT2D eigenvalue weighted by atomic mass is 35.5. The van der Waals surface area contributed by atoms with E-state index in [1.807, 2.05) is 19.2 Å². The molecular formula is C13H14ClFN2S. The Morgan fingerprint density at radius 2 is 2.06 bits per heavy atom. The second-order valence-electron chi connectivity index (χ2n) is 4.20. The molecule has 2 rings (SSSR count). The molecule has 0 aliphatic heterocycles. The van der Waals surface area contributed by atoms with Crippen LogP contribution in [-0.4, -0.2) is 0 Å². The number of hydrogen-bond donors (Lipinski definition) is 2. The number of rotatable bonds is 3. The van der Waals surface area contributed by atoms with Crippen LogP contribution in [0.2, 0.25) is 5.02 Å². The fraction of sp³-hybridized carbons (Fsp3) is 0.231. The smallest absolute Gasteiger partial charge is 0.123 e. The van der Waals surface area contributed by atoms with Crippen molar-refractivity contribution in [1.82, 2.24) is 5.43 Å². The van der Waals surface area contributed by atoms with Crippen molar-refractivity contribution in [2.45, 2.75) is 19.9 Å². The number of nitrogens with one attached hydrogen (secondary N) is 1. The van der Waals surface area contributed by atoms with E-state index < -0.39 is 0 Å². The van der Waals surface area contributed by atoms with E-state index in [1.54, 1.807) is 17.4 Å². The first-order valence-corrected chi connectivity index (χ1v) is 6.76. The van der Waals surface area contributed by atoms with Gasteiger partial charge in [-0.15, -0.1) is 11.3 Å². The van der Waals surface area contributed by atoms with Crippen LogP contribution < -0.4 is 11.3 Å². The standard InChI is InChI=1S/C13H14ClFN2S/c1-7-5-9(15)3-4-10(7)12(17-16)13-11(14)8(2)6-18-13/h3-6,12,17H,16H2,1-2H3. The lowest BCUT2D eigenvalue weighted by atomic mass is 10.00. The topological polar surface area (TPSA) is 38.0 Å². The monoisotopic (exact) mass is 284 g/mol. The van der Waals surface area contributed by atoms with E-state index in [2.05, 4.69) is 5.43 Å². The van der Waals surface area contributed by atoms with Crippen molar-refractivity contribution in [1.29, 1.82) is 0 Å². The minimum atomic E-state index is -0.250. The van der Waals surface area contributed by atoms with Gasteiger partial charge in [-0.1, -0.05) is 17.7 Å². The number of benzene rings is 1. The van der Waals surface area contributed by atoms with Crippen LogP contribution in [0.25, 0.3) is 0 Å². The number of halogens is 2. The Morgan fingerprint density at radius 3 is 2.56 bits per heavy atom. The van der Waals surface area contributed by atoms with Crippen molar-refractivity contribution in [3.05, 3.63) is 56.0 Å². The highest BCUT2D eigenvalue weighted by Gasteiger charge is 2.20. The lowest BCUT2D eigenvalue weighted by Crippen LogP contribution is -2.29. The van der Waals surface area contributed by atoms with Gasteiger partial charge in [0.25, 0.3) is 0 Å². The van der Waals surface area contributed by atoms with Crippen LogP contribution in [0.5, 0.6) is 0 Å². The average molecular weight is 285 g/mol. The Hall–Kier alpha value is -0.940. The van der Waals surface area contributed by atoms with Crippen LogP contribution in [0.3, 0.4) is 0 Å². The zero-order valence-corrected chi connectivity index (χ0v) is 11.7. The zero-order valence-electron chi connectivity index (χ0n) is 10.1. The van der Waals surface area contributed by atoms with Crippen molar-refractivity contribution >= 4 is 22.9 Å². The number of nitrogens with two attached hydrogens (primary N) is 1. The van der Waals surface area contributed by atoms with Gasteiger partial charge in [0.2, 0.25) is 0 Å². The Balaban J connectivity index is 2.48. The van der Waals surface area contributed by atoms with Gasteiger partial charge >= 0.3 is 0 Å². The molecule has 1 aromatic heterocycles. The summed E-state index contributed by atoms with van der Waals surface area (Å²) >= 11 is 7.80. The molecule has 0 aliphatic rings. The molecule has 0 bridgehead atoms. The first-order chi connectivity index (χ1) is 8.54. The molecule has 0 saturated heterocycles. The van der Waals surface area contributed by atoms with Gasteiger partial charge in [-0.3, -0.25) is 5.84 Å². The molecular weight excluding hydrogens is 271 g/mol. The van der Waals surface area contributed by atoms with Crippen LogP contribution in [0.1, 0.15) is 27.6 Å². The third-order valence-electron chi connectivity index (χ3n) is 2.90. The van der Waals surface area contributed by atoms with Crippen molar-refractivity contribution in [2.75, 3.05) is 0 Å². The number of hydrogen-bond acceptors (Lipinski definition) is 3. The fourth-order valence-corrected chi connectivity index (χ4v) is 3.29. The van der Waals surface area contributed by atoms with E-state index in [-0.39, 0.29) is 11.9 Å². The summed E-state index contributed by atoms with van der Waals surface area (Å²) in [6.45, 7) is 3.81. The minimum Gasteiger partial charge on any atom is -0.271 e. The molecule has 1 unspecified atom stereocenters. The van der Waals surface area contributed by atoms with Crippen LogP contribution in [0.4, 0.5) is 4.39 Å². The lowest BCUT2D eigenvalue weighted by Gasteiger charge is -2.18. The molecule has 0 spiro atoms. The molecule has 1 atom stereocenters. The summed E-state index contributed by atoms with van der Waals surface area (Å²) in [5.41, 5.74) is 5.56. The third kappa shape index (κ3) is 2.42. The summed E-state index contributed by atoms with van der Waals surface area (Å²) in [6.07, 6.45) is 0. The summed E-state index contributed by atoms with van der Waals surface area (Å²) in [7, 11) is 0. The quantitative estimate of drug-likeness (QED) is 0.666. The molecule has 1 heterocycles. The molecule has 0 radical (unpaired) electrons. The normalized spacial score (nSPS) is 12.7. The van der Waals surface area contributed by atoms with Crippen LogP contribution >= 0.6 is 22.9 Å². The summed E-state index contributed by atoms with van der Waals surface area (Å²) in [5, 5.41) is 2.70. The molecule has 0 fully saturated rings. The predicted octanol–water partition coefficient (Wildman–Crippen LogP) is 3.71. The van der Waals surface area contributed by atoms with Crippen molar-refractivity contribution in [3.8, 4) is 0 Å². The van der Waals surface area contributed by atoms with Gasteiger partial charge in [0.05, 0.1) is 11.1 Å². The molecule has 1 aromatic carbocycles. The van der Waals surface area contributed by atoms with E-state index in [1.165, 1.54) is 12.1 Å². The molecule has 0 amide bonds. The SMILES string of the molecule is Cc1cc(F)ccc1C(NN)c1scc(C)c1Cl. The van der Waals surface area contributed by atoms with Gasteiger partial charge in [-0.2, -0.15) is 0 Å². The van der Waals surface area contributed by atoms with Gasteiger partial charge in [0.1, 0.15) is 5.82 Å². The Kier molecular flexibility index (Phi) is 4.02. The maximum Gasteiger partial charge on any atom is 0.123 e. The fourth-order valence-electron chi connectivity index (χ4n) is 1.91. The van der Waals surface area contributed by atoms with Gasteiger partial charge < -0.3 is 0 Å². The van der Waals surface area contributed by atoms with E-state index >= 15 is 0 Å². The minimum absolute atomic E-state index is 0.211. The van der Waals surface area contributed by atoms with E-state index in [0.717, 1.165) is 21.6 Å². The highest BCUT2D eigenvalue weighted by molar-refractivity contribution is 7.10. The van der Waals surface area contributed by atoms with Crippen LogP contribution in [0.15, 0.2) is 23.6 Å². The summed E-state index contributed by atoms with van der Waals surface area (Å²) < 4.78 is 13.1.